The van der Waals surface area contributed by atoms with Gasteiger partial charge in [0.25, 0.3) is 0 Å². The number of pyridine rings is 1. The summed E-state index contributed by atoms with van der Waals surface area (Å²) in [4.78, 5) is 7.16. The largest absolute Gasteiger partial charge is 0.355 e. The van der Waals surface area contributed by atoms with Crippen molar-refractivity contribution in [3.05, 3.63) is 122 Å². The summed E-state index contributed by atoms with van der Waals surface area (Å²) in [5, 5.41) is 2.61. The molecule has 5 rings (SSSR count). The highest BCUT2D eigenvalue weighted by molar-refractivity contribution is 6.06. The van der Waals surface area contributed by atoms with E-state index in [2.05, 4.69) is 65.1 Å². The van der Waals surface area contributed by atoms with E-state index in [-0.39, 0.29) is 0 Å². The van der Waals surface area contributed by atoms with Crippen LogP contribution in [0.3, 0.4) is 0 Å². The number of fused-ring (bicyclic) bond motifs is 3. The van der Waals surface area contributed by atoms with E-state index in [0.717, 1.165) is 0 Å². The van der Waals surface area contributed by atoms with Crippen LogP contribution in [0.2, 0.25) is 0 Å². The number of nitrogens with zero attached hydrogens (tertiary/aromatic N) is 1. The van der Waals surface area contributed by atoms with Crippen LogP contribution in [0.4, 0.5) is 0 Å². The van der Waals surface area contributed by atoms with E-state index in [1.54, 1.807) is 12.4 Å². The lowest BCUT2D eigenvalue weighted by Crippen LogP contribution is -1.63. The molecule has 2 nitrogen and oxygen atoms in total. The Bertz CT molecular complexity index is 1000. The minimum atomic E-state index is 1.17. The molecule has 0 fully saturated rings. The van der Waals surface area contributed by atoms with Gasteiger partial charge in [-0.15, -0.1) is 0 Å². The monoisotopic (exact) mass is 350 g/mol. The lowest BCUT2D eigenvalue weighted by atomic mass is 10.2. The molecule has 2 heterocycles. The standard InChI is InChI=1S/C12H9N.C8H8.C5H5N/c1-3-7-11-9(5-1)10-6-2-4-8-12(10)13-11;1-2-8-6-4-3-5-7-8;1-2-4-6-5-3-1/h1-8,13H;2-7H,1H2;1-5H. The molecule has 0 radical (unpaired) electrons. The first-order valence-electron chi connectivity index (χ1n) is 8.86. The Balaban J connectivity index is 0.000000129. The van der Waals surface area contributed by atoms with Crippen molar-refractivity contribution in [3.63, 3.8) is 0 Å². The van der Waals surface area contributed by atoms with Crippen molar-refractivity contribution < 1.29 is 0 Å². The van der Waals surface area contributed by atoms with Gasteiger partial charge in [0.05, 0.1) is 0 Å². The van der Waals surface area contributed by atoms with Gasteiger partial charge in [-0.2, -0.15) is 0 Å². The number of nitrogens with one attached hydrogen (secondary N) is 1. The SMILES string of the molecule is C=Cc1ccccc1.c1ccc2c(c1)[nH]c1ccccc12.c1ccncc1. The first-order valence-corrected chi connectivity index (χ1v) is 8.86. The van der Waals surface area contributed by atoms with Crippen molar-refractivity contribution in [2.45, 2.75) is 0 Å². The molecular weight excluding hydrogens is 328 g/mol. The highest BCUT2D eigenvalue weighted by Gasteiger charge is 2.00. The van der Waals surface area contributed by atoms with Gasteiger partial charge in [-0.25, -0.2) is 0 Å². The maximum absolute atomic E-state index is 3.78. The smallest absolute Gasteiger partial charge is 0.0464 e. The summed E-state index contributed by atoms with van der Waals surface area (Å²) in [6.45, 7) is 3.63. The molecule has 2 aromatic heterocycles. The quantitative estimate of drug-likeness (QED) is 0.356. The van der Waals surface area contributed by atoms with Crippen molar-refractivity contribution >= 4 is 27.9 Å². The van der Waals surface area contributed by atoms with Gasteiger partial charge in [-0.3, -0.25) is 4.98 Å². The average molecular weight is 350 g/mol. The molecule has 0 unspecified atom stereocenters. The minimum absolute atomic E-state index is 1.17. The fourth-order valence-electron chi connectivity index (χ4n) is 2.70. The van der Waals surface area contributed by atoms with Crippen LogP contribution < -0.4 is 0 Å². The Morgan fingerprint density at radius 3 is 1.48 bits per heavy atom. The summed E-state index contributed by atoms with van der Waals surface area (Å²) in [5.41, 5.74) is 3.60. The number of aromatic amines is 1. The second kappa shape index (κ2) is 9.73. The lowest BCUT2D eigenvalue weighted by molar-refractivity contribution is 1.33. The van der Waals surface area contributed by atoms with Gasteiger partial charge >= 0.3 is 0 Å². The van der Waals surface area contributed by atoms with Gasteiger partial charge in [0.15, 0.2) is 0 Å². The van der Waals surface area contributed by atoms with Crippen LogP contribution in [0.25, 0.3) is 27.9 Å². The number of hydrogen-bond donors (Lipinski definition) is 1. The lowest BCUT2D eigenvalue weighted by Gasteiger charge is -1.87. The maximum atomic E-state index is 3.78. The zero-order valence-corrected chi connectivity index (χ0v) is 15.1. The van der Waals surface area contributed by atoms with Gasteiger partial charge in [-0.05, 0) is 29.8 Å². The number of hydrogen-bond acceptors (Lipinski definition) is 1. The van der Waals surface area contributed by atoms with Gasteiger partial charge in [0.2, 0.25) is 0 Å². The fourth-order valence-corrected chi connectivity index (χ4v) is 2.70. The van der Waals surface area contributed by atoms with E-state index < -0.39 is 0 Å². The summed E-state index contributed by atoms with van der Waals surface area (Å²) in [7, 11) is 0. The third-order valence-electron chi connectivity index (χ3n) is 4.02. The van der Waals surface area contributed by atoms with E-state index >= 15 is 0 Å². The molecule has 3 aromatic carbocycles. The Labute approximate surface area is 159 Å². The molecule has 0 saturated heterocycles. The maximum Gasteiger partial charge on any atom is 0.0464 e. The molecule has 132 valence electrons. The zero-order chi connectivity index (χ0) is 18.7. The molecule has 0 saturated carbocycles. The van der Waals surface area contributed by atoms with Crippen molar-refractivity contribution in [2.24, 2.45) is 0 Å². The molecule has 0 atom stereocenters. The molecule has 0 spiro atoms. The highest BCUT2D eigenvalue weighted by Crippen LogP contribution is 2.24. The molecule has 0 aliphatic carbocycles. The van der Waals surface area contributed by atoms with Crippen LogP contribution in [-0.2, 0) is 0 Å². The van der Waals surface area contributed by atoms with Crippen molar-refractivity contribution in [1.29, 1.82) is 0 Å². The van der Waals surface area contributed by atoms with Crippen LogP contribution in [0, 0.1) is 0 Å². The van der Waals surface area contributed by atoms with E-state index in [1.807, 2.05) is 54.6 Å². The molecule has 0 aliphatic rings. The third kappa shape index (κ3) is 5.16. The highest BCUT2D eigenvalue weighted by atomic mass is 14.7. The van der Waals surface area contributed by atoms with Gasteiger partial charge in [0, 0.05) is 34.2 Å². The van der Waals surface area contributed by atoms with Crippen LogP contribution in [0.1, 0.15) is 5.56 Å². The fraction of sp³-hybridized carbons (Fsp3) is 0. The summed E-state index contributed by atoms with van der Waals surface area (Å²) < 4.78 is 0. The third-order valence-corrected chi connectivity index (χ3v) is 4.02. The molecule has 2 heteroatoms. The number of para-hydroxylation sites is 2. The number of H-pyrrole nitrogens is 1. The number of benzene rings is 3. The normalized spacial score (nSPS) is 9.63. The topological polar surface area (TPSA) is 28.7 Å². The van der Waals surface area contributed by atoms with Gasteiger partial charge in [0.1, 0.15) is 0 Å². The summed E-state index contributed by atoms with van der Waals surface area (Å²) in [5.74, 6) is 0. The number of rotatable bonds is 1. The Hall–Kier alpha value is -3.65. The second-order valence-electron chi connectivity index (χ2n) is 5.86. The second-order valence-corrected chi connectivity index (χ2v) is 5.86. The van der Waals surface area contributed by atoms with Crippen molar-refractivity contribution in [1.82, 2.24) is 9.97 Å². The van der Waals surface area contributed by atoms with E-state index in [1.165, 1.54) is 27.4 Å². The molecule has 1 N–H and O–H groups in total. The van der Waals surface area contributed by atoms with E-state index in [0.29, 0.717) is 0 Å². The van der Waals surface area contributed by atoms with E-state index in [9.17, 15) is 0 Å². The number of aromatic nitrogens is 2. The zero-order valence-electron chi connectivity index (χ0n) is 15.1. The molecular formula is C25H22N2. The van der Waals surface area contributed by atoms with Crippen LogP contribution in [0.5, 0.6) is 0 Å². The Morgan fingerprint density at radius 2 is 1.07 bits per heavy atom. The van der Waals surface area contributed by atoms with Gasteiger partial charge < -0.3 is 4.98 Å². The summed E-state index contributed by atoms with van der Waals surface area (Å²) >= 11 is 0. The molecule has 5 aromatic rings. The molecule has 0 bridgehead atoms. The summed E-state index contributed by atoms with van der Waals surface area (Å²) in [6.07, 6.45) is 5.33. The summed E-state index contributed by atoms with van der Waals surface area (Å²) in [6, 6.07) is 32.5. The van der Waals surface area contributed by atoms with Crippen molar-refractivity contribution in [3.8, 4) is 0 Å². The first-order chi connectivity index (χ1) is 13.4. The van der Waals surface area contributed by atoms with Crippen LogP contribution >= 0.6 is 0 Å². The molecule has 0 amide bonds. The van der Waals surface area contributed by atoms with Gasteiger partial charge in [-0.1, -0.05) is 85.5 Å². The minimum Gasteiger partial charge on any atom is -0.355 e. The van der Waals surface area contributed by atoms with Crippen LogP contribution in [0.15, 0.2) is 116 Å². The first kappa shape index (κ1) is 18.2. The Morgan fingerprint density at radius 1 is 0.593 bits per heavy atom. The van der Waals surface area contributed by atoms with E-state index in [4.69, 9.17) is 0 Å². The molecule has 0 aliphatic heterocycles. The Kier molecular flexibility index (Phi) is 6.54. The predicted octanol–water partition coefficient (Wildman–Crippen LogP) is 6.73. The van der Waals surface area contributed by atoms with Crippen molar-refractivity contribution in [2.75, 3.05) is 0 Å². The average Bonchev–Trinajstić information content (AvgIpc) is 3.15. The van der Waals surface area contributed by atoms with Crippen LogP contribution in [-0.4, -0.2) is 9.97 Å². The predicted molar refractivity (Wildman–Crippen MR) is 117 cm³/mol. The molecule has 27 heavy (non-hydrogen) atoms.